The van der Waals surface area contributed by atoms with Gasteiger partial charge in [0.15, 0.2) is 5.69 Å². The van der Waals surface area contributed by atoms with Gasteiger partial charge < -0.3 is 5.21 Å². The average Bonchev–Trinajstić information content (AvgIpc) is 2.31. The summed E-state index contributed by atoms with van der Waals surface area (Å²) in [6.07, 6.45) is 2.96. The lowest BCUT2D eigenvalue weighted by molar-refractivity contribution is -0.354. The van der Waals surface area contributed by atoms with E-state index in [1.807, 2.05) is 18.2 Å². The van der Waals surface area contributed by atoms with Crippen LogP contribution >= 0.6 is 0 Å². The summed E-state index contributed by atoms with van der Waals surface area (Å²) in [4.78, 5) is 0. The zero-order valence-electron chi connectivity index (χ0n) is 7.95. The summed E-state index contributed by atoms with van der Waals surface area (Å²) < 4.78 is 0.768. The second kappa shape index (κ2) is 4.32. The summed E-state index contributed by atoms with van der Waals surface area (Å²) >= 11 is 0. The number of benzene rings is 1. The highest BCUT2D eigenvalue weighted by Gasteiger charge is 2.00. The minimum absolute atomic E-state index is 0.538. The molecule has 2 aromatic rings. The predicted molar refractivity (Wildman–Crippen MR) is 56.9 cm³/mol. The SMILES string of the molecule is [O-][N+](=Cc1cccnn1)c1ccccc1. The van der Waals surface area contributed by atoms with Crippen molar-refractivity contribution in [2.45, 2.75) is 0 Å². The van der Waals surface area contributed by atoms with Crippen LogP contribution in [0, 0.1) is 5.21 Å². The Labute approximate surface area is 87.1 Å². The quantitative estimate of drug-likeness (QED) is 0.320. The maximum Gasteiger partial charge on any atom is 0.216 e. The zero-order valence-corrected chi connectivity index (χ0v) is 7.95. The van der Waals surface area contributed by atoms with Crippen molar-refractivity contribution in [2.24, 2.45) is 0 Å². The largest absolute Gasteiger partial charge is 0.618 e. The van der Waals surface area contributed by atoms with Gasteiger partial charge in [-0.3, -0.25) is 0 Å². The molecule has 0 aliphatic carbocycles. The number of hydrogen-bond donors (Lipinski definition) is 0. The normalized spacial score (nSPS) is 11.3. The molecule has 0 saturated carbocycles. The van der Waals surface area contributed by atoms with Crippen molar-refractivity contribution in [1.29, 1.82) is 0 Å². The summed E-state index contributed by atoms with van der Waals surface area (Å²) in [5, 5.41) is 19.1. The highest BCUT2D eigenvalue weighted by molar-refractivity contribution is 5.73. The molecule has 0 aliphatic heterocycles. The number of aromatic nitrogens is 2. The smallest absolute Gasteiger partial charge is 0.216 e. The molecular formula is C11H9N3O. The van der Waals surface area contributed by atoms with E-state index in [-0.39, 0.29) is 0 Å². The molecule has 2 rings (SSSR count). The molecule has 0 fully saturated rings. The molecule has 0 amide bonds. The van der Waals surface area contributed by atoms with Crippen LogP contribution in [-0.4, -0.2) is 21.2 Å². The van der Waals surface area contributed by atoms with Crippen LogP contribution in [0.15, 0.2) is 48.7 Å². The molecule has 1 heterocycles. The van der Waals surface area contributed by atoms with Crippen molar-refractivity contribution in [2.75, 3.05) is 0 Å². The molecule has 1 aromatic heterocycles. The van der Waals surface area contributed by atoms with Crippen LogP contribution in [0.2, 0.25) is 0 Å². The molecule has 0 unspecified atom stereocenters. The van der Waals surface area contributed by atoms with Crippen molar-refractivity contribution < 1.29 is 4.74 Å². The topological polar surface area (TPSA) is 51.9 Å². The van der Waals surface area contributed by atoms with E-state index in [2.05, 4.69) is 10.2 Å². The number of nitrogens with zero attached hydrogens (tertiary/aromatic N) is 3. The lowest BCUT2D eigenvalue weighted by Gasteiger charge is -2.01. The molecule has 0 radical (unpaired) electrons. The molecule has 0 N–H and O–H groups in total. The van der Waals surface area contributed by atoms with Crippen molar-refractivity contribution in [3.05, 3.63) is 59.6 Å². The number of rotatable bonds is 2. The Balaban J connectivity index is 2.29. The highest BCUT2D eigenvalue weighted by atomic mass is 16.5. The molecule has 4 nitrogen and oxygen atoms in total. The molecule has 74 valence electrons. The lowest BCUT2D eigenvalue weighted by atomic mass is 10.3. The van der Waals surface area contributed by atoms with E-state index in [4.69, 9.17) is 0 Å². The Bertz CT molecular complexity index is 454. The van der Waals surface area contributed by atoms with E-state index in [9.17, 15) is 5.21 Å². The van der Waals surface area contributed by atoms with Gasteiger partial charge in [-0.1, -0.05) is 18.2 Å². The van der Waals surface area contributed by atoms with E-state index < -0.39 is 0 Å². The van der Waals surface area contributed by atoms with E-state index in [1.165, 1.54) is 6.21 Å². The third-order valence-corrected chi connectivity index (χ3v) is 1.85. The summed E-state index contributed by atoms with van der Waals surface area (Å²) in [5.41, 5.74) is 1.11. The van der Waals surface area contributed by atoms with Gasteiger partial charge in [-0.2, -0.15) is 9.84 Å². The van der Waals surface area contributed by atoms with Gasteiger partial charge in [-0.05, 0) is 12.1 Å². The van der Waals surface area contributed by atoms with E-state index in [0.29, 0.717) is 11.4 Å². The lowest BCUT2D eigenvalue weighted by Crippen LogP contribution is -2.00. The van der Waals surface area contributed by atoms with Crippen LogP contribution in [0.3, 0.4) is 0 Å². The van der Waals surface area contributed by atoms with Crippen LogP contribution in [0.5, 0.6) is 0 Å². The van der Waals surface area contributed by atoms with E-state index >= 15 is 0 Å². The number of hydrogen-bond acceptors (Lipinski definition) is 3. The second-order valence-electron chi connectivity index (χ2n) is 2.94. The molecule has 0 atom stereocenters. The molecule has 0 bridgehead atoms. The van der Waals surface area contributed by atoms with Crippen molar-refractivity contribution in [3.8, 4) is 0 Å². The average molecular weight is 199 g/mol. The summed E-state index contributed by atoms with van der Waals surface area (Å²) in [6.45, 7) is 0. The molecule has 0 aliphatic rings. The third-order valence-electron chi connectivity index (χ3n) is 1.85. The van der Waals surface area contributed by atoms with Gasteiger partial charge in [-0.25, -0.2) is 0 Å². The van der Waals surface area contributed by atoms with Crippen LogP contribution in [0.4, 0.5) is 5.69 Å². The van der Waals surface area contributed by atoms with Crippen molar-refractivity contribution in [3.63, 3.8) is 0 Å². The molecule has 15 heavy (non-hydrogen) atoms. The first-order valence-corrected chi connectivity index (χ1v) is 4.50. The number of para-hydroxylation sites is 1. The molecule has 4 heteroatoms. The fraction of sp³-hybridized carbons (Fsp3) is 0. The zero-order chi connectivity index (χ0) is 10.5. The second-order valence-corrected chi connectivity index (χ2v) is 2.94. The minimum atomic E-state index is 0.538. The first-order valence-electron chi connectivity index (χ1n) is 4.50. The van der Waals surface area contributed by atoms with E-state index in [0.717, 1.165) is 4.74 Å². The summed E-state index contributed by atoms with van der Waals surface area (Å²) in [7, 11) is 0. The van der Waals surface area contributed by atoms with Crippen LogP contribution in [0.25, 0.3) is 0 Å². The van der Waals surface area contributed by atoms with Gasteiger partial charge in [0.05, 0.1) is 0 Å². The Morgan fingerprint density at radius 3 is 2.53 bits per heavy atom. The van der Waals surface area contributed by atoms with Crippen LogP contribution < -0.4 is 0 Å². The Kier molecular flexibility index (Phi) is 2.69. The molecule has 0 spiro atoms. The predicted octanol–water partition coefficient (Wildman–Crippen LogP) is 1.74. The standard InChI is InChI=1S/C11H9N3O/c15-14(11-6-2-1-3-7-11)9-10-5-4-8-12-13-10/h1-9H. The maximum absolute atomic E-state index is 11.6. The first-order chi connectivity index (χ1) is 7.36. The van der Waals surface area contributed by atoms with Gasteiger partial charge in [0.2, 0.25) is 11.9 Å². The molecule has 0 saturated heterocycles. The maximum atomic E-state index is 11.6. The third kappa shape index (κ3) is 2.37. The van der Waals surface area contributed by atoms with Gasteiger partial charge in [0, 0.05) is 18.3 Å². The van der Waals surface area contributed by atoms with Crippen molar-refractivity contribution in [1.82, 2.24) is 10.2 Å². The summed E-state index contributed by atoms with van der Waals surface area (Å²) in [6, 6.07) is 12.4. The highest BCUT2D eigenvalue weighted by Crippen LogP contribution is 2.08. The van der Waals surface area contributed by atoms with Crippen LogP contribution in [0.1, 0.15) is 5.69 Å². The summed E-state index contributed by atoms with van der Waals surface area (Å²) in [5.74, 6) is 0. The van der Waals surface area contributed by atoms with Gasteiger partial charge in [0.25, 0.3) is 0 Å². The Morgan fingerprint density at radius 1 is 1.07 bits per heavy atom. The van der Waals surface area contributed by atoms with Gasteiger partial charge >= 0.3 is 0 Å². The fourth-order valence-corrected chi connectivity index (χ4v) is 1.15. The van der Waals surface area contributed by atoms with Gasteiger partial charge in [-0.15, -0.1) is 5.10 Å². The molecule has 1 aromatic carbocycles. The fourth-order valence-electron chi connectivity index (χ4n) is 1.15. The monoisotopic (exact) mass is 199 g/mol. The first kappa shape index (κ1) is 9.33. The minimum Gasteiger partial charge on any atom is -0.618 e. The Morgan fingerprint density at radius 2 is 1.87 bits per heavy atom. The Hall–Kier alpha value is -2.23. The van der Waals surface area contributed by atoms with Gasteiger partial charge in [0.1, 0.15) is 0 Å². The van der Waals surface area contributed by atoms with E-state index in [1.54, 1.807) is 30.5 Å². The van der Waals surface area contributed by atoms with Crippen molar-refractivity contribution >= 4 is 11.9 Å². The van der Waals surface area contributed by atoms with Crippen LogP contribution in [-0.2, 0) is 0 Å². The molecular weight excluding hydrogens is 190 g/mol.